The van der Waals surface area contributed by atoms with Gasteiger partial charge < -0.3 is 10.4 Å². The van der Waals surface area contributed by atoms with Crippen LogP contribution in [-0.2, 0) is 9.84 Å². The number of aryl methyl sites for hydroxylation is 1. The van der Waals surface area contributed by atoms with Crippen LogP contribution in [0.5, 0.6) is 5.75 Å². The maximum absolute atomic E-state index is 11.4. The standard InChI is InChI=1S/C16H19NO3S/c1-11-10-14(6-9-16(11)18)17-12(2)13-4-7-15(8-5-13)21(3,19)20/h4-10,12,17-18H,1-3H3. The van der Waals surface area contributed by atoms with Gasteiger partial charge in [-0.05, 0) is 55.3 Å². The molecule has 2 rings (SSSR count). The average molecular weight is 305 g/mol. The molecule has 0 fully saturated rings. The van der Waals surface area contributed by atoms with Crippen molar-refractivity contribution in [3.63, 3.8) is 0 Å². The molecule has 4 nitrogen and oxygen atoms in total. The van der Waals surface area contributed by atoms with E-state index >= 15 is 0 Å². The van der Waals surface area contributed by atoms with Crippen molar-refractivity contribution in [3.05, 3.63) is 53.6 Å². The number of phenols is 1. The van der Waals surface area contributed by atoms with Crippen molar-refractivity contribution in [3.8, 4) is 5.75 Å². The SMILES string of the molecule is Cc1cc(NC(C)c2ccc(S(C)(=O)=O)cc2)ccc1O. The summed E-state index contributed by atoms with van der Waals surface area (Å²) >= 11 is 0. The molecule has 2 aromatic rings. The fraction of sp³-hybridized carbons (Fsp3) is 0.250. The van der Waals surface area contributed by atoms with Gasteiger partial charge in [-0.15, -0.1) is 0 Å². The quantitative estimate of drug-likeness (QED) is 0.851. The van der Waals surface area contributed by atoms with Crippen LogP contribution in [0.4, 0.5) is 5.69 Å². The van der Waals surface area contributed by atoms with Crippen LogP contribution in [0.1, 0.15) is 24.1 Å². The first-order valence-electron chi connectivity index (χ1n) is 6.63. The molecule has 2 N–H and O–H groups in total. The molecule has 0 saturated carbocycles. The topological polar surface area (TPSA) is 66.4 Å². The summed E-state index contributed by atoms with van der Waals surface area (Å²) in [6.07, 6.45) is 1.20. The van der Waals surface area contributed by atoms with Gasteiger partial charge in [0.2, 0.25) is 0 Å². The van der Waals surface area contributed by atoms with Crippen LogP contribution >= 0.6 is 0 Å². The number of hydrogen-bond acceptors (Lipinski definition) is 4. The Balaban J connectivity index is 2.16. The number of nitrogens with one attached hydrogen (secondary N) is 1. The van der Waals surface area contributed by atoms with E-state index in [-0.39, 0.29) is 11.8 Å². The van der Waals surface area contributed by atoms with Gasteiger partial charge in [0, 0.05) is 18.0 Å². The highest BCUT2D eigenvalue weighted by Crippen LogP contribution is 2.24. The van der Waals surface area contributed by atoms with E-state index in [1.807, 2.05) is 26.0 Å². The lowest BCUT2D eigenvalue weighted by Crippen LogP contribution is -2.07. The van der Waals surface area contributed by atoms with E-state index in [0.29, 0.717) is 4.90 Å². The molecule has 5 heteroatoms. The van der Waals surface area contributed by atoms with Gasteiger partial charge in [0.05, 0.1) is 4.90 Å². The molecule has 1 unspecified atom stereocenters. The molecular formula is C16H19NO3S. The normalized spacial score (nSPS) is 12.9. The van der Waals surface area contributed by atoms with Crippen molar-refractivity contribution in [2.24, 2.45) is 0 Å². The van der Waals surface area contributed by atoms with Gasteiger partial charge in [0.25, 0.3) is 0 Å². The van der Waals surface area contributed by atoms with Crippen LogP contribution in [0.2, 0.25) is 0 Å². The predicted molar refractivity (Wildman–Crippen MR) is 84.4 cm³/mol. The second-order valence-corrected chi connectivity index (χ2v) is 7.22. The van der Waals surface area contributed by atoms with E-state index in [1.54, 1.807) is 30.3 Å². The van der Waals surface area contributed by atoms with E-state index < -0.39 is 9.84 Å². The van der Waals surface area contributed by atoms with Crippen LogP contribution in [0.3, 0.4) is 0 Å². The Bertz CT molecular complexity index is 737. The minimum Gasteiger partial charge on any atom is -0.508 e. The first-order valence-corrected chi connectivity index (χ1v) is 8.52. The third-order valence-electron chi connectivity index (χ3n) is 3.39. The second-order valence-electron chi connectivity index (χ2n) is 5.21. The predicted octanol–water partition coefficient (Wildman–Crippen LogP) is 3.28. The lowest BCUT2D eigenvalue weighted by Gasteiger charge is -2.16. The highest BCUT2D eigenvalue weighted by Gasteiger charge is 2.10. The van der Waals surface area contributed by atoms with Crippen molar-refractivity contribution in [2.75, 3.05) is 11.6 Å². The van der Waals surface area contributed by atoms with Gasteiger partial charge in [-0.25, -0.2) is 8.42 Å². The summed E-state index contributed by atoms with van der Waals surface area (Å²) in [5, 5.41) is 12.8. The van der Waals surface area contributed by atoms with Gasteiger partial charge >= 0.3 is 0 Å². The largest absolute Gasteiger partial charge is 0.508 e. The van der Waals surface area contributed by atoms with Crippen molar-refractivity contribution < 1.29 is 13.5 Å². The van der Waals surface area contributed by atoms with E-state index in [2.05, 4.69) is 5.32 Å². The lowest BCUT2D eigenvalue weighted by molar-refractivity contribution is 0.471. The monoisotopic (exact) mass is 305 g/mol. The Morgan fingerprint density at radius 2 is 1.71 bits per heavy atom. The average Bonchev–Trinajstić information content (AvgIpc) is 2.42. The summed E-state index contributed by atoms with van der Waals surface area (Å²) in [4.78, 5) is 0.318. The fourth-order valence-electron chi connectivity index (χ4n) is 2.08. The maximum Gasteiger partial charge on any atom is 0.175 e. The van der Waals surface area contributed by atoms with Crippen LogP contribution < -0.4 is 5.32 Å². The molecule has 0 aliphatic carbocycles. The summed E-state index contributed by atoms with van der Waals surface area (Å²) in [7, 11) is -3.16. The number of sulfone groups is 1. The van der Waals surface area contributed by atoms with Gasteiger partial charge in [-0.1, -0.05) is 12.1 Å². The summed E-state index contributed by atoms with van der Waals surface area (Å²) in [5.41, 5.74) is 2.71. The number of aromatic hydroxyl groups is 1. The van der Waals surface area contributed by atoms with Gasteiger partial charge in [-0.3, -0.25) is 0 Å². The summed E-state index contributed by atoms with van der Waals surface area (Å²) in [6, 6.07) is 12.2. The minimum atomic E-state index is -3.16. The molecule has 0 radical (unpaired) electrons. The lowest BCUT2D eigenvalue weighted by atomic mass is 10.1. The van der Waals surface area contributed by atoms with Gasteiger partial charge in [0.15, 0.2) is 9.84 Å². The highest BCUT2D eigenvalue weighted by atomic mass is 32.2. The van der Waals surface area contributed by atoms with E-state index in [9.17, 15) is 13.5 Å². The smallest absolute Gasteiger partial charge is 0.175 e. The molecule has 21 heavy (non-hydrogen) atoms. The number of benzene rings is 2. The zero-order valence-corrected chi connectivity index (χ0v) is 13.1. The fourth-order valence-corrected chi connectivity index (χ4v) is 2.71. The molecule has 0 amide bonds. The molecule has 0 spiro atoms. The first-order chi connectivity index (χ1) is 9.77. The Hall–Kier alpha value is -2.01. The Kier molecular flexibility index (Phi) is 4.23. The number of hydrogen-bond donors (Lipinski definition) is 2. The van der Waals surface area contributed by atoms with Crippen LogP contribution in [0.25, 0.3) is 0 Å². The summed E-state index contributed by atoms with van der Waals surface area (Å²) in [5.74, 6) is 0.269. The first kappa shape index (κ1) is 15.4. The van der Waals surface area contributed by atoms with Crippen molar-refractivity contribution in [1.29, 1.82) is 0 Å². The minimum absolute atomic E-state index is 0.0301. The second kappa shape index (κ2) is 5.77. The van der Waals surface area contributed by atoms with Gasteiger partial charge in [-0.2, -0.15) is 0 Å². The summed E-state index contributed by atoms with van der Waals surface area (Å²) in [6.45, 7) is 3.84. The third kappa shape index (κ3) is 3.76. The zero-order chi connectivity index (χ0) is 15.6. The number of anilines is 1. The maximum atomic E-state index is 11.4. The molecule has 0 aliphatic rings. The zero-order valence-electron chi connectivity index (χ0n) is 12.3. The molecule has 2 aromatic carbocycles. The molecule has 1 atom stereocenters. The highest BCUT2D eigenvalue weighted by molar-refractivity contribution is 7.90. The van der Waals surface area contributed by atoms with Crippen LogP contribution in [0, 0.1) is 6.92 Å². The van der Waals surface area contributed by atoms with E-state index in [4.69, 9.17) is 0 Å². The molecule has 0 aromatic heterocycles. The Labute approximate surface area is 125 Å². The molecule has 0 bridgehead atoms. The third-order valence-corrected chi connectivity index (χ3v) is 4.52. The Morgan fingerprint density at radius 1 is 1.10 bits per heavy atom. The van der Waals surface area contributed by atoms with Gasteiger partial charge in [0.1, 0.15) is 5.75 Å². The van der Waals surface area contributed by atoms with Crippen molar-refractivity contribution >= 4 is 15.5 Å². The van der Waals surface area contributed by atoms with E-state index in [1.165, 1.54) is 6.26 Å². The number of rotatable bonds is 4. The van der Waals surface area contributed by atoms with Crippen LogP contribution in [-0.4, -0.2) is 19.8 Å². The van der Waals surface area contributed by atoms with Crippen LogP contribution in [0.15, 0.2) is 47.4 Å². The molecule has 0 aliphatic heterocycles. The number of phenolic OH excluding ortho intramolecular Hbond substituents is 1. The summed E-state index contributed by atoms with van der Waals surface area (Å²) < 4.78 is 22.9. The molecule has 112 valence electrons. The van der Waals surface area contributed by atoms with E-state index in [0.717, 1.165) is 16.8 Å². The Morgan fingerprint density at radius 3 is 2.24 bits per heavy atom. The molecule has 0 saturated heterocycles. The van der Waals surface area contributed by atoms with Crippen molar-refractivity contribution in [1.82, 2.24) is 0 Å². The molecule has 0 heterocycles. The van der Waals surface area contributed by atoms with Crippen molar-refractivity contribution in [2.45, 2.75) is 24.8 Å². The molecular weight excluding hydrogens is 286 g/mol.